The molecule has 1 atom stereocenters. The van der Waals surface area contributed by atoms with Crippen molar-refractivity contribution in [3.63, 3.8) is 0 Å². The van der Waals surface area contributed by atoms with Gasteiger partial charge in [0.1, 0.15) is 0 Å². The van der Waals surface area contributed by atoms with Gasteiger partial charge in [0.25, 0.3) is 0 Å². The second-order valence-electron chi connectivity index (χ2n) is 6.62. The molecule has 114 valence electrons. The number of carbonyl (C=O) groups is 2. The van der Waals surface area contributed by atoms with Crippen molar-refractivity contribution in [1.82, 2.24) is 5.32 Å². The van der Waals surface area contributed by atoms with Gasteiger partial charge in [0.2, 0.25) is 11.8 Å². The minimum absolute atomic E-state index is 0.158. The Kier molecular flexibility index (Phi) is 4.65. The summed E-state index contributed by atoms with van der Waals surface area (Å²) in [7, 11) is 5.75. The summed E-state index contributed by atoms with van der Waals surface area (Å²) >= 11 is 0. The monoisotopic (exact) mass is 295 g/mol. The topological polar surface area (TPSA) is 46.2 Å². The van der Waals surface area contributed by atoms with E-state index >= 15 is 0 Å². The number of imide groups is 1. The van der Waals surface area contributed by atoms with E-state index < -0.39 is 0 Å². The smallest absolute Gasteiger partial charge is 0.234 e. The van der Waals surface area contributed by atoms with Crippen LogP contribution in [0.2, 0.25) is 6.32 Å². The summed E-state index contributed by atoms with van der Waals surface area (Å²) < 4.78 is 0. The number of carbonyl (C=O) groups excluding carboxylic acids is 2. The Hall–Kier alpha value is -1.58. The Morgan fingerprint density at radius 3 is 2.18 bits per heavy atom. The molecule has 1 aliphatic heterocycles. The average molecular weight is 295 g/mol. The highest BCUT2D eigenvalue weighted by molar-refractivity contribution is 6.08. The molecule has 0 aromatic heterocycles. The normalized spacial score (nSPS) is 29.2. The second-order valence-corrected chi connectivity index (χ2v) is 6.62. The highest BCUT2D eigenvalue weighted by Gasteiger charge is 2.28. The van der Waals surface area contributed by atoms with Gasteiger partial charge in [-0.3, -0.25) is 14.9 Å². The van der Waals surface area contributed by atoms with Gasteiger partial charge < -0.3 is 0 Å². The Morgan fingerprint density at radius 2 is 1.59 bits per heavy atom. The maximum absolute atomic E-state index is 11.9. The molecule has 3 rings (SSSR count). The SMILES string of the molecule is [B]CC1CCC(c2ccc(C3CCC(=O)NC3=O)cc2)CC1. The predicted molar refractivity (Wildman–Crippen MR) is 86.8 cm³/mol. The fourth-order valence-corrected chi connectivity index (χ4v) is 3.74. The summed E-state index contributed by atoms with van der Waals surface area (Å²) in [6.45, 7) is 0. The maximum atomic E-state index is 11.9. The number of piperidine rings is 1. The first kappa shape index (κ1) is 15.3. The zero-order valence-electron chi connectivity index (χ0n) is 12.9. The van der Waals surface area contributed by atoms with Crippen molar-refractivity contribution < 1.29 is 9.59 Å². The predicted octanol–water partition coefficient (Wildman–Crippen LogP) is 3.07. The van der Waals surface area contributed by atoms with E-state index in [2.05, 4.69) is 29.6 Å². The lowest BCUT2D eigenvalue weighted by molar-refractivity contribution is -0.134. The fraction of sp³-hybridized carbons (Fsp3) is 0.556. The van der Waals surface area contributed by atoms with E-state index in [1.165, 1.54) is 31.2 Å². The van der Waals surface area contributed by atoms with Gasteiger partial charge in [0, 0.05) is 6.42 Å². The molecule has 3 nitrogen and oxygen atoms in total. The molecule has 1 aromatic carbocycles. The van der Waals surface area contributed by atoms with Crippen LogP contribution in [0.4, 0.5) is 0 Å². The summed E-state index contributed by atoms with van der Waals surface area (Å²) in [4.78, 5) is 23.1. The molecule has 4 heteroatoms. The molecular formula is C18H22BNO2. The van der Waals surface area contributed by atoms with Crippen LogP contribution < -0.4 is 5.32 Å². The van der Waals surface area contributed by atoms with Gasteiger partial charge in [0.15, 0.2) is 0 Å². The van der Waals surface area contributed by atoms with Gasteiger partial charge >= 0.3 is 0 Å². The van der Waals surface area contributed by atoms with Crippen molar-refractivity contribution >= 4 is 19.7 Å². The van der Waals surface area contributed by atoms with Crippen LogP contribution in [0.25, 0.3) is 0 Å². The lowest BCUT2D eigenvalue weighted by Gasteiger charge is -2.28. The molecule has 1 aliphatic carbocycles. The van der Waals surface area contributed by atoms with Crippen molar-refractivity contribution in [3.05, 3.63) is 35.4 Å². The number of rotatable bonds is 3. The van der Waals surface area contributed by atoms with E-state index in [0.29, 0.717) is 24.7 Å². The third kappa shape index (κ3) is 3.26. The first-order valence-corrected chi connectivity index (χ1v) is 8.31. The van der Waals surface area contributed by atoms with Gasteiger partial charge in [-0.25, -0.2) is 0 Å². The van der Waals surface area contributed by atoms with Crippen molar-refractivity contribution in [1.29, 1.82) is 0 Å². The van der Waals surface area contributed by atoms with Crippen LogP contribution in [0.1, 0.15) is 61.5 Å². The molecule has 2 aliphatic rings. The number of hydrogen-bond donors (Lipinski definition) is 1. The van der Waals surface area contributed by atoms with Gasteiger partial charge in [-0.05, 0) is 42.2 Å². The molecule has 0 spiro atoms. The van der Waals surface area contributed by atoms with Crippen molar-refractivity contribution in [3.8, 4) is 0 Å². The van der Waals surface area contributed by atoms with E-state index in [-0.39, 0.29) is 17.7 Å². The summed E-state index contributed by atoms with van der Waals surface area (Å²) in [6, 6.07) is 8.44. The van der Waals surface area contributed by atoms with Gasteiger partial charge in [-0.15, -0.1) is 0 Å². The number of benzene rings is 1. The quantitative estimate of drug-likeness (QED) is 0.688. The van der Waals surface area contributed by atoms with Crippen LogP contribution >= 0.6 is 0 Å². The number of nitrogens with one attached hydrogen (secondary N) is 1. The molecule has 1 heterocycles. The van der Waals surface area contributed by atoms with E-state index in [0.717, 1.165) is 11.9 Å². The zero-order valence-corrected chi connectivity index (χ0v) is 12.9. The third-order valence-corrected chi connectivity index (χ3v) is 5.23. The lowest BCUT2D eigenvalue weighted by atomic mass is 9.74. The Bertz CT molecular complexity index is 547. The zero-order chi connectivity index (χ0) is 15.5. The molecule has 1 saturated heterocycles. The molecule has 1 unspecified atom stereocenters. The molecule has 1 N–H and O–H groups in total. The summed E-state index contributed by atoms with van der Waals surface area (Å²) in [5.41, 5.74) is 2.39. The van der Waals surface area contributed by atoms with Crippen molar-refractivity contribution in [2.45, 2.75) is 56.7 Å². The van der Waals surface area contributed by atoms with Gasteiger partial charge in [0.05, 0.1) is 13.8 Å². The van der Waals surface area contributed by atoms with Gasteiger partial charge in [-0.1, -0.05) is 43.4 Å². The van der Waals surface area contributed by atoms with Crippen LogP contribution in [0.5, 0.6) is 0 Å². The number of amides is 2. The summed E-state index contributed by atoms with van der Waals surface area (Å²) in [6.07, 6.45) is 6.71. The molecule has 2 fully saturated rings. The number of hydrogen-bond acceptors (Lipinski definition) is 2. The Labute approximate surface area is 133 Å². The molecule has 22 heavy (non-hydrogen) atoms. The third-order valence-electron chi connectivity index (χ3n) is 5.23. The van der Waals surface area contributed by atoms with E-state index in [1.54, 1.807) is 0 Å². The maximum Gasteiger partial charge on any atom is 0.234 e. The molecule has 2 amide bonds. The van der Waals surface area contributed by atoms with Crippen molar-refractivity contribution in [2.24, 2.45) is 5.92 Å². The summed E-state index contributed by atoms with van der Waals surface area (Å²) in [5.74, 6) is 0.819. The van der Waals surface area contributed by atoms with Crippen molar-refractivity contribution in [2.75, 3.05) is 0 Å². The van der Waals surface area contributed by atoms with Crippen LogP contribution in [-0.4, -0.2) is 19.7 Å². The van der Waals surface area contributed by atoms with E-state index in [9.17, 15) is 9.59 Å². The first-order valence-electron chi connectivity index (χ1n) is 8.31. The minimum atomic E-state index is -0.181. The van der Waals surface area contributed by atoms with Crippen LogP contribution in [0.15, 0.2) is 24.3 Å². The minimum Gasteiger partial charge on any atom is -0.296 e. The Morgan fingerprint density at radius 1 is 0.955 bits per heavy atom. The highest BCUT2D eigenvalue weighted by atomic mass is 16.2. The largest absolute Gasteiger partial charge is 0.296 e. The van der Waals surface area contributed by atoms with E-state index in [4.69, 9.17) is 7.85 Å². The van der Waals surface area contributed by atoms with Crippen LogP contribution in [-0.2, 0) is 9.59 Å². The lowest BCUT2D eigenvalue weighted by Crippen LogP contribution is -2.39. The molecule has 1 saturated carbocycles. The molecule has 2 radical (unpaired) electrons. The highest BCUT2D eigenvalue weighted by Crippen LogP contribution is 2.37. The first-order chi connectivity index (χ1) is 10.7. The second kappa shape index (κ2) is 6.68. The average Bonchev–Trinajstić information content (AvgIpc) is 2.55. The van der Waals surface area contributed by atoms with Gasteiger partial charge in [-0.2, -0.15) is 0 Å². The van der Waals surface area contributed by atoms with Crippen LogP contribution in [0, 0.1) is 5.92 Å². The summed E-state index contributed by atoms with van der Waals surface area (Å²) in [5, 5.41) is 2.43. The Balaban J connectivity index is 1.65. The molecule has 0 bridgehead atoms. The fourth-order valence-electron chi connectivity index (χ4n) is 3.74. The molecule has 1 aromatic rings. The molecular weight excluding hydrogens is 273 g/mol. The standard InChI is InChI=1S/C18H22BNO2/c19-11-12-1-3-13(4-2-12)14-5-7-15(8-6-14)16-9-10-17(21)20-18(16)22/h5-8,12-13,16H,1-4,9-11H2,(H,20,21,22). The van der Waals surface area contributed by atoms with E-state index in [1.807, 2.05) is 0 Å². The van der Waals surface area contributed by atoms with Crippen LogP contribution in [0.3, 0.4) is 0 Å².